The number of methoxy groups -OCH3 is 1. The van der Waals surface area contributed by atoms with Gasteiger partial charge >= 0.3 is 6.18 Å². The molecule has 0 unspecified atom stereocenters. The van der Waals surface area contributed by atoms with E-state index in [9.17, 15) is 17.6 Å². The molecule has 0 aliphatic heterocycles. The average molecular weight is 265 g/mol. The molecule has 0 aliphatic carbocycles. The molecule has 0 aliphatic rings. The van der Waals surface area contributed by atoms with Crippen molar-refractivity contribution < 1.29 is 22.3 Å². The van der Waals surface area contributed by atoms with Gasteiger partial charge in [-0.3, -0.25) is 0 Å². The fourth-order valence-electron chi connectivity index (χ4n) is 1.22. The van der Waals surface area contributed by atoms with E-state index in [0.29, 0.717) is 6.07 Å². The van der Waals surface area contributed by atoms with Crippen LogP contribution in [0.15, 0.2) is 18.2 Å². The highest BCUT2D eigenvalue weighted by atomic mass is 19.4. The second-order valence-electron chi connectivity index (χ2n) is 4.51. The number of halogens is 4. The standard InChI is InChI=1S/C12H15F4NO/c1-11(2,18-3)7-17-10-5-4-8(6-9(10)13)12(14,15)16/h4-6,17H,7H2,1-3H3. The molecule has 0 bridgehead atoms. The second kappa shape index (κ2) is 5.14. The predicted molar refractivity (Wildman–Crippen MR) is 61.0 cm³/mol. The second-order valence-corrected chi connectivity index (χ2v) is 4.51. The summed E-state index contributed by atoms with van der Waals surface area (Å²) in [7, 11) is 1.50. The number of benzene rings is 1. The van der Waals surface area contributed by atoms with E-state index in [1.807, 2.05) is 0 Å². The van der Waals surface area contributed by atoms with Crippen molar-refractivity contribution in [3.63, 3.8) is 0 Å². The summed E-state index contributed by atoms with van der Waals surface area (Å²) in [6.07, 6.45) is -4.54. The summed E-state index contributed by atoms with van der Waals surface area (Å²) in [6, 6.07) is 2.39. The minimum Gasteiger partial charge on any atom is -0.380 e. The van der Waals surface area contributed by atoms with E-state index in [4.69, 9.17) is 4.74 Å². The van der Waals surface area contributed by atoms with Crippen LogP contribution >= 0.6 is 0 Å². The predicted octanol–water partition coefficient (Wildman–Crippen LogP) is 3.68. The molecule has 1 aromatic carbocycles. The largest absolute Gasteiger partial charge is 0.416 e. The first-order valence-electron chi connectivity index (χ1n) is 5.31. The Morgan fingerprint density at radius 1 is 1.22 bits per heavy atom. The maximum Gasteiger partial charge on any atom is 0.416 e. The van der Waals surface area contributed by atoms with Crippen molar-refractivity contribution in [2.24, 2.45) is 0 Å². The van der Waals surface area contributed by atoms with Gasteiger partial charge in [-0.15, -0.1) is 0 Å². The molecule has 0 saturated heterocycles. The van der Waals surface area contributed by atoms with Gasteiger partial charge in [0.25, 0.3) is 0 Å². The Morgan fingerprint density at radius 3 is 2.28 bits per heavy atom. The van der Waals surface area contributed by atoms with E-state index < -0.39 is 23.2 Å². The number of nitrogens with one attached hydrogen (secondary N) is 1. The van der Waals surface area contributed by atoms with Gasteiger partial charge in [-0.1, -0.05) is 0 Å². The molecule has 0 aromatic heterocycles. The van der Waals surface area contributed by atoms with E-state index in [1.165, 1.54) is 7.11 Å². The average Bonchev–Trinajstić information content (AvgIpc) is 2.26. The van der Waals surface area contributed by atoms with Gasteiger partial charge in [0.1, 0.15) is 5.82 Å². The molecule has 18 heavy (non-hydrogen) atoms. The molecule has 0 fully saturated rings. The molecule has 0 saturated carbocycles. The first-order chi connectivity index (χ1) is 8.15. The number of hydrogen-bond donors (Lipinski definition) is 1. The first-order valence-corrected chi connectivity index (χ1v) is 5.31. The van der Waals surface area contributed by atoms with Crippen LogP contribution in [0.4, 0.5) is 23.2 Å². The summed E-state index contributed by atoms with van der Waals surface area (Å²) in [5, 5.41) is 2.72. The Morgan fingerprint density at radius 2 is 1.83 bits per heavy atom. The van der Waals surface area contributed by atoms with Crippen LogP contribution in [-0.2, 0) is 10.9 Å². The number of rotatable bonds is 4. The monoisotopic (exact) mass is 265 g/mol. The van der Waals surface area contributed by atoms with Crippen LogP contribution in [0.1, 0.15) is 19.4 Å². The highest BCUT2D eigenvalue weighted by Gasteiger charge is 2.31. The summed E-state index contributed by atoms with van der Waals surface area (Å²) in [5.74, 6) is -0.934. The lowest BCUT2D eigenvalue weighted by Gasteiger charge is -2.24. The topological polar surface area (TPSA) is 21.3 Å². The Bertz CT molecular complexity index is 415. The van der Waals surface area contributed by atoms with Gasteiger partial charge < -0.3 is 10.1 Å². The SMILES string of the molecule is COC(C)(C)CNc1ccc(C(F)(F)F)cc1F. The van der Waals surface area contributed by atoms with E-state index in [2.05, 4.69) is 5.32 Å². The Labute approximate surface area is 103 Å². The van der Waals surface area contributed by atoms with Gasteiger partial charge in [-0.05, 0) is 32.0 Å². The molecule has 0 spiro atoms. The maximum atomic E-state index is 13.5. The van der Waals surface area contributed by atoms with Crippen LogP contribution in [-0.4, -0.2) is 19.3 Å². The van der Waals surface area contributed by atoms with Crippen molar-refractivity contribution in [3.8, 4) is 0 Å². The van der Waals surface area contributed by atoms with Crippen LogP contribution in [0.25, 0.3) is 0 Å². The third-order valence-electron chi connectivity index (χ3n) is 2.55. The highest BCUT2D eigenvalue weighted by molar-refractivity contribution is 5.47. The quantitative estimate of drug-likeness (QED) is 0.838. The Balaban J connectivity index is 2.81. The number of ether oxygens (including phenoxy) is 1. The van der Waals surface area contributed by atoms with Crippen LogP contribution in [0.3, 0.4) is 0 Å². The van der Waals surface area contributed by atoms with Gasteiger partial charge in [0, 0.05) is 13.7 Å². The molecule has 1 aromatic rings. The molecule has 1 rings (SSSR count). The molecule has 1 N–H and O–H groups in total. The van der Waals surface area contributed by atoms with Crippen molar-refractivity contribution in [3.05, 3.63) is 29.6 Å². The van der Waals surface area contributed by atoms with Crippen LogP contribution < -0.4 is 5.32 Å². The van der Waals surface area contributed by atoms with Crippen molar-refractivity contribution in [1.82, 2.24) is 0 Å². The van der Waals surface area contributed by atoms with Crippen LogP contribution in [0, 0.1) is 5.82 Å². The zero-order valence-electron chi connectivity index (χ0n) is 10.4. The van der Waals surface area contributed by atoms with Crippen molar-refractivity contribution in [2.75, 3.05) is 19.0 Å². The van der Waals surface area contributed by atoms with Crippen LogP contribution in [0.5, 0.6) is 0 Å². The molecule has 0 amide bonds. The smallest absolute Gasteiger partial charge is 0.380 e. The fraction of sp³-hybridized carbons (Fsp3) is 0.500. The van der Waals surface area contributed by atoms with Crippen molar-refractivity contribution >= 4 is 5.69 Å². The van der Waals surface area contributed by atoms with Crippen molar-refractivity contribution in [2.45, 2.75) is 25.6 Å². The molecular formula is C12H15F4NO. The van der Waals surface area contributed by atoms with Crippen molar-refractivity contribution in [1.29, 1.82) is 0 Å². The summed E-state index contributed by atoms with van der Waals surface area (Å²) in [4.78, 5) is 0. The molecule has 6 heteroatoms. The minimum atomic E-state index is -4.54. The summed E-state index contributed by atoms with van der Waals surface area (Å²) in [6.45, 7) is 3.84. The third kappa shape index (κ3) is 3.87. The van der Waals surface area contributed by atoms with E-state index in [-0.39, 0.29) is 12.2 Å². The fourth-order valence-corrected chi connectivity index (χ4v) is 1.22. The minimum absolute atomic E-state index is 0.0214. The summed E-state index contributed by atoms with van der Waals surface area (Å²) in [5.41, 5.74) is -1.51. The number of anilines is 1. The summed E-state index contributed by atoms with van der Waals surface area (Å²) < 4.78 is 55.5. The zero-order chi connectivity index (χ0) is 14.0. The first kappa shape index (κ1) is 14.8. The lowest BCUT2D eigenvalue weighted by molar-refractivity contribution is -0.137. The highest BCUT2D eigenvalue weighted by Crippen LogP contribution is 2.31. The van der Waals surface area contributed by atoms with Gasteiger partial charge in [0.15, 0.2) is 0 Å². The Hall–Kier alpha value is -1.30. The third-order valence-corrected chi connectivity index (χ3v) is 2.55. The van der Waals surface area contributed by atoms with Gasteiger partial charge in [0.2, 0.25) is 0 Å². The summed E-state index contributed by atoms with van der Waals surface area (Å²) >= 11 is 0. The maximum absolute atomic E-state index is 13.5. The lowest BCUT2D eigenvalue weighted by atomic mass is 10.1. The van der Waals surface area contributed by atoms with E-state index in [0.717, 1.165) is 12.1 Å². The van der Waals surface area contributed by atoms with Gasteiger partial charge in [-0.2, -0.15) is 13.2 Å². The molecule has 0 heterocycles. The molecule has 102 valence electrons. The zero-order valence-corrected chi connectivity index (χ0v) is 10.4. The number of hydrogen-bond acceptors (Lipinski definition) is 2. The molecule has 0 atom stereocenters. The lowest BCUT2D eigenvalue weighted by Crippen LogP contribution is -2.32. The van der Waals surface area contributed by atoms with Crippen LogP contribution in [0.2, 0.25) is 0 Å². The Kier molecular flexibility index (Phi) is 4.21. The normalized spacial score (nSPS) is 12.6. The molecule has 0 radical (unpaired) electrons. The van der Waals surface area contributed by atoms with Gasteiger partial charge in [-0.25, -0.2) is 4.39 Å². The number of alkyl halides is 3. The molecular weight excluding hydrogens is 250 g/mol. The van der Waals surface area contributed by atoms with Gasteiger partial charge in [0.05, 0.1) is 16.9 Å². The van der Waals surface area contributed by atoms with E-state index >= 15 is 0 Å². The van der Waals surface area contributed by atoms with E-state index in [1.54, 1.807) is 13.8 Å². The molecule has 2 nitrogen and oxygen atoms in total.